The second-order valence-corrected chi connectivity index (χ2v) is 7.04. The van der Waals surface area contributed by atoms with E-state index in [0.29, 0.717) is 13.1 Å². The normalized spacial score (nSPS) is 23.3. The van der Waals surface area contributed by atoms with E-state index >= 15 is 0 Å². The van der Waals surface area contributed by atoms with Crippen LogP contribution in [0.3, 0.4) is 0 Å². The molecule has 2 fully saturated rings. The molecule has 0 saturated carbocycles. The number of carbonyl (C=O) groups excluding carboxylic acids is 1. The summed E-state index contributed by atoms with van der Waals surface area (Å²) in [5, 5.41) is 0. The van der Waals surface area contributed by atoms with E-state index in [0.717, 1.165) is 37.6 Å². The summed E-state index contributed by atoms with van der Waals surface area (Å²) in [5.74, 6) is 0.264. The quantitative estimate of drug-likeness (QED) is 0.920. The molecule has 1 amide bonds. The summed E-state index contributed by atoms with van der Waals surface area (Å²) in [5.41, 5.74) is 9.40. The first-order chi connectivity index (χ1) is 12.7. The van der Waals surface area contributed by atoms with Gasteiger partial charge in [0.25, 0.3) is 5.91 Å². The molecule has 2 heterocycles. The fourth-order valence-corrected chi connectivity index (χ4v) is 3.87. The summed E-state index contributed by atoms with van der Waals surface area (Å²) in [4.78, 5) is 17.1. The van der Waals surface area contributed by atoms with Gasteiger partial charge in [-0.1, -0.05) is 30.3 Å². The van der Waals surface area contributed by atoms with Crippen LogP contribution in [0, 0.1) is 0 Å². The molecule has 0 radical (unpaired) electrons. The standard InChI is InChI=1S/C21H25N3O2/c22-20-15-24(14-19(20)16-4-2-1-3-5-16)21(25)17-6-8-18(9-7-17)23-10-12-26-13-11-23/h1-9,19-20H,10-15,22H2/t19-,20+/m0/s1. The smallest absolute Gasteiger partial charge is 0.253 e. The molecule has 2 aromatic carbocycles. The molecule has 4 rings (SSSR count). The van der Waals surface area contributed by atoms with Gasteiger partial charge in [-0.2, -0.15) is 0 Å². The first kappa shape index (κ1) is 17.1. The molecule has 0 spiro atoms. The van der Waals surface area contributed by atoms with Crippen molar-refractivity contribution in [2.24, 2.45) is 5.73 Å². The third-order valence-corrected chi connectivity index (χ3v) is 5.37. The minimum Gasteiger partial charge on any atom is -0.378 e. The van der Waals surface area contributed by atoms with Gasteiger partial charge in [0.15, 0.2) is 0 Å². The van der Waals surface area contributed by atoms with Crippen LogP contribution in [0.25, 0.3) is 0 Å². The Kier molecular flexibility index (Phi) is 4.91. The van der Waals surface area contributed by atoms with Gasteiger partial charge in [-0.05, 0) is 29.8 Å². The average molecular weight is 351 g/mol. The number of hydrogen-bond acceptors (Lipinski definition) is 4. The second-order valence-electron chi connectivity index (χ2n) is 7.04. The van der Waals surface area contributed by atoms with Gasteiger partial charge in [0.2, 0.25) is 0 Å². The molecule has 0 bridgehead atoms. The molecule has 2 aliphatic rings. The van der Waals surface area contributed by atoms with Crippen molar-refractivity contribution in [2.75, 3.05) is 44.3 Å². The summed E-state index contributed by atoms with van der Waals surface area (Å²) >= 11 is 0. The number of benzene rings is 2. The number of amides is 1. The summed E-state index contributed by atoms with van der Waals surface area (Å²) in [7, 11) is 0. The van der Waals surface area contributed by atoms with Crippen LogP contribution >= 0.6 is 0 Å². The topological polar surface area (TPSA) is 58.8 Å². The molecular formula is C21H25N3O2. The first-order valence-electron chi connectivity index (χ1n) is 9.25. The van der Waals surface area contributed by atoms with Crippen LogP contribution in [0.15, 0.2) is 54.6 Å². The molecule has 0 unspecified atom stereocenters. The molecule has 5 heteroatoms. The van der Waals surface area contributed by atoms with Gasteiger partial charge in [0, 0.05) is 49.4 Å². The molecule has 5 nitrogen and oxygen atoms in total. The second kappa shape index (κ2) is 7.48. The molecule has 136 valence electrons. The molecule has 2 atom stereocenters. The van der Waals surface area contributed by atoms with Crippen molar-refractivity contribution < 1.29 is 9.53 Å². The number of anilines is 1. The fourth-order valence-electron chi connectivity index (χ4n) is 3.87. The first-order valence-corrected chi connectivity index (χ1v) is 9.25. The highest BCUT2D eigenvalue weighted by Crippen LogP contribution is 2.28. The highest BCUT2D eigenvalue weighted by molar-refractivity contribution is 5.95. The lowest BCUT2D eigenvalue weighted by atomic mass is 9.95. The number of hydrogen-bond donors (Lipinski definition) is 1. The number of morpholine rings is 1. The summed E-state index contributed by atoms with van der Waals surface area (Å²) in [6.07, 6.45) is 0. The maximum Gasteiger partial charge on any atom is 0.253 e. The van der Waals surface area contributed by atoms with Gasteiger partial charge in [0.05, 0.1) is 13.2 Å². The van der Waals surface area contributed by atoms with Crippen LogP contribution in [-0.4, -0.2) is 56.2 Å². The van der Waals surface area contributed by atoms with Gasteiger partial charge in [-0.15, -0.1) is 0 Å². The lowest BCUT2D eigenvalue weighted by Crippen LogP contribution is -2.36. The Labute approximate surface area is 154 Å². The van der Waals surface area contributed by atoms with Crippen LogP contribution in [-0.2, 0) is 4.74 Å². The largest absolute Gasteiger partial charge is 0.378 e. The Morgan fingerprint density at radius 1 is 0.962 bits per heavy atom. The maximum absolute atomic E-state index is 12.9. The molecular weight excluding hydrogens is 326 g/mol. The molecule has 2 saturated heterocycles. The van der Waals surface area contributed by atoms with E-state index < -0.39 is 0 Å². The van der Waals surface area contributed by atoms with Gasteiger partial charge in [-0.25, -0.2) is 0 Å². The van der Waals surface area contributed by atoms with Crippen LogP contribution in [0.2, 0.25) is 0 Å². The molecule has 0 aliphatic carbocycles. The number of carbonyl (C=O) groups is 1. The van der Waals surface area contributed by atoms with Crippen molar-refractivity contribution in [1.82, 2.24) is 4.90 Å². The van der Waals surface area contributed by atoms with Gasteiger partial charge in [0.1, 0.15) is 0 Å². The maximum atomic E-state index is 12.9. The predicted octanol–water partition coefficient (Wildman–Crippen LogP) is 2.09. The minimum absolute atomic E-state index is 0.0195. The zero-order valence-electron chi connectivity index (χ0n) is 14.9. The van der Waals surface area contributed by atoms with Gasteiger partial charge < -0.3 is 20.3 Å². The number of rotatable bonds is 3. The number of likely N-dealkylation sites (tertiary alicyclic amines) is 1. The van der Waals surface area contributed by atoms with Crippen LogP contribution in [0.4, 0.5) is 5.69 Å². The van der Waals surface area contributed by atoms with Crippen LogP contribution < -0.4 is 10.6 Å². The van der Waals surface area contributed by atoms with E-state index in [1.165, 1.54) is 5.56 Å². The fraction of sp³-hybridized carbons (Fsp3) is 0.381. The SMILES string of the molecule is N[C@@H]1CN(C(=O)c2ccc(N3CCOCC3)cc2)C[C@H]1c1ccccc1. The van der Waals surface area contributed by atoms with Crippen LogP contribution in [0.5, 0.6) is 0 Å². The lowest BCUT2D eigenvalue weighted by molar-refractivity contribution is 0.0789. The zero-order chi connectivity index (χ0) is 17.9. The number of nitrogens with two attached hydrogens (primary N) is 1. The van der Waals surface area contributed by atoms with Gasteiger partial charge >= 0.3 is 0 Å². The molecule has 2 aromatic rings. The van der Waals surface area contributed by atoms with E-state index in [1.54, 1.807) is 0 Å². The van der Waals surface area contributed by atoms with Crippen LogP contribution in [0.1, 0.15) is 21.8 Å². The van der Waals surface area contributed by atoms with Crippen molar-refractivity contribution >= 4 is 11.6 Å². The van der Waals surface area contributed by atoms with Crippen molar-refractivity contribution in [3.8, 4) is 0 Å². The Bertz CT molecular complexity index is 742. The Hall–Kier alpha value is -2.37. The van der Waals surface area contributed by atoms with E-state index in [2.05, 4.69) is 17.0 Å². The van der Waals surface area contributed by atoms with E-state index in [4.69, 9.17) is 10.5 Å². The van der Waals surface area contributed by atoms with Crippen molar-refractivity contribution in [1.29, 1.82) is 0 Å². The predicted molar refractivity (Wildman–Crippen MR) is 103 cm³/mol. The summed E-state index contributed by atoms with van der Waals surface area (Å²) in [6, 6.07) is 18.1. The lowest BCUT2D eigenvalue weighted by Gasteiger charge is -2.29. The van der Waals surface area contributed by atoms with Crippen molar-refractivity contribution in [3.05, 3.63) is 65.7 Å². The monoisotopic (exact) mass is 351 g/mol. The molecule has 2 aliphatic heterocycles. The van der Waals surface area contributed by atoms with Crippen molar-refractivity contribution in [2.45, 2.75) is 12.0 Å². The number of ether oxygens (including phenoxy) is 1. The Balaban J connectivity index is 1.44. The Morgan fingerprint density at radius 2 is 1.65 bits per heavy atom. The molecule has 0 aromatic heterocycles. The van der Waals surface area contributed by atoms with E-state index in [9.17, 15) is 4.79 Å². The number of nitrogens with zero attached hydrogens (tertiary/aromatic N) is 2. The van der Waals surface area contributed by atoms with E-state index in [1.807, 2.05) is 47.4 Å². The third-order valence-electron chi connectivity index (χ3n) is 5.37. The third kappa shape index (κ3) is 3.45. The van der Waals surface area contributed by atoms with Gasteiger partial charge in [-0.3, -0.25) is 4.79 Å². The summed E-state index contributed by atoms with van der Waals surface area (Å²) in [6.45, 7) is 4.58. The van der Waals surface area contributed by atoms with Crippen molar-refractivity contribution in [3.63, 3.8) is 0 Å². The summed E-state index contributed by atoms with van der Waals surface area (Å²) < 4.78 is 5.39. The Morgan fingerprint density at radius 3 is 2.35 bits per heavy atom. The highest BCUT2D eigenvalue weighted by atomic mass is 16.5. The molecule has 2 N–H and O–H groups in total. The average Bonchev–Trinajstić information content (AvgIpc) is 3.10. The minimum atomic E-state index is -0.0195. The molecule has 26 heavy (non-hydrogen) atoms. The zero-order valence-corrected chi connectivity index (χ0v) is 14.9. The van der Waals surface area contributed by atoms with E-state index in [-0.39, 0.29) is 17.9 Å². The highest BCUT2D eigenvalue weighted by Gasteiger charge is 2.34.